The molecular weight excluding hydrogens is 325 g/mol. The van der Waals surface area contributed by atoms with Crippen molar-refractivity contribution >= 4 is 24.4 Å². The van der Waals surface area contributed by atoms with Gasteiger partial charge in [0.15, 0.2) is 0 Å². The molecule has 2 rings (SSSR count). The molecule has 0 radical (unpaired) electrons. The van der Waals surface area contributed by atoms with E-state index in [0.29, 0.717) is 12.8 Å². The number of carbonyl (C=O) groups is 1. The fraction of sp³-hybridized carbons (Fsp3) is 0.375. The van der Waals surface area contributed by atoms with Gasteiger partial charge in [-0.2, -0.15) is 0 Å². The first-order valence-corrected chi connectivity index (χ1v) is 8.78. The van der Waals surface area contributed by atoms with Crippen LogP contribution < -0.4 is 11.1 Å². The zero-order valence-electron chi connectivity index (χ0n) is 13.3. The molecule has 6 nitrogen and oxygen atoms in total. The van der Waals surface area contributed by atoms with Crippen LogP contribution in [0.15, 0.2) is 41.9 Å². The summed E-state index contributed by atoms with van der Waals surface area (Å²) in [6, 6.07) is 9.17. The maximum absolute atomic E-state index is 12.1. The monoisotopic (exact) mass is 347 g/mol. The van der Waals surface area contributed by atoms with Crippen molar-refractivity contribution < 1.29 is 14.8 Å². The summed E-state index contributed by atoms with van der Waals surface area (Å²) in [4.78, 5) is 16.2. The molecular formula is C16H22BN3O3S. The molecule has 0 aliphatic heterocycles. The Bertz CT molecular complexity index is 610. The zero-order valence-corrected chi connectivity index (χ0v) is 14.2. The maximum Gasteiger partial charge on any atom is 0.475 e. The van der Waals surface area contributed by atoms with E-state index in [2.05, 4.69) is 10.3 Å². The van der Waals surface area contributed by atoms with Gasteiger partial charge in [0.1, 0.15) is 0 Å². The van der Waals surface area contributed by atoms with Gasteiger partial charge in [-0.05, 0) is 24.8 Å². The minimum atomic E-state index is -1.61. The number of nitrogens with one attached hydrogen (secondary N) is 1. The minimum absolute atomic E-state index is 0.335. The SMILES string of the molecule is NC(Cc1nccs1)C(=O)N[C@@H](CCCc1ccccc1)B(O)O. The molecule has 0 saturated carbocycles. The Labute approximate surface area is 145 Å². The van der Waals surface area contributed by atoms with E-state index in [9.17, 15) is 14.8 Å². The number of thiazole rings is 1. The zero-order chi connectivity index (χ0) is 17.4. The molecule has 24 heavy (non-hydrogen) atoms. The molecule has 0 fully saturated rings. The number of rotatable bonds is 9. The van der Waals surface area contributed by atoms with Crippen molar-refractivity contribution in [3.63, 3.8) is 0 Å². The predicted octanol–water partition coefficient (Wildman–Crippen LogP) is 0.533. The van der Waals surface area contributed by atoms with Gasteiger partial charge in [-0.3, -0.25) is 4.79 Å². The van der Waals surface area contributed by atoms with Crippen LogP contribution >= 0.6 is 11.3 Å². The smallest absolute Gasteiger partial charge is 0.426 e. The molecule has 1 aromatic carbocycles. The summed E-state index contributed by atoms with van der Waals surface area (Å²) in [6.07, 6.45) is 4.00. The summed E-state index contributed by atoms with van der Waals surface area (Å²) in [5.41, 5.74) is 7.04. The third-order valence-electron chi connectivity index (χ3n) is 3.73. The molecule has 0 aliphatic rings. The van der Waals surface area contributed by atoms with E-state index in [-0.39, 0.29) is 0 Å². The van der Waals surface area contributed by atoms with Crippen LogP contribution in [-0.4, -0.2) is 40.0 Å². The third kappa shape index (κ3) is 6.05. The van der Waals surface area contributed by atoms with Crippen LogP contribution in [0.25, 0.3) is 0 Å². The average molecular weight is 347 g/mol. The van der Waals surface area contributed by atoms with Crippen LogP contribution in [0.4, 0.5) is 0 Å². The molecule has 0 bridgehead atoms. The average Bonchev–Trinajstić information content (AvgIpc) is 3.07. The predicted molar refractivity (Wildman–Crippen MR) is 95.3 cm³/mol. The van der Waals surface area contributed by atoms with Gasteiger partial charge < -0.3 is 21.1 Å². The minimum Gasteiger partial charge on any atom is -0.426 e. The van der Waals surface area contributed by atoms with E-state index in [1.54, 1.807) is 6.20 Å². The highest BCUT2D eigenvalue weighted by atomic mass is 32.1. The molecule has 2 atom stereocenters. The second-order valence-electron chi connectivity index (χ2n) is 5.64. The van der Waals surface area contributed by atoms with Crippen molar-refractivity contribution in [1.29, 1.82) is 0 Å². The number of carbonyl (C=O) groups excluding carboxylic acids is 1. The number of aryl methyl sites for hydroxylation is 1. The van der Waals surface area contributed by atoms with Crippen molar-refractivity contribution in [2.45, 2.75) is 37.7 Å². The van der Waals surface area contributed by atoms with Gasteiger partial charge in [0.25, 0.3) is 0 Å². The van der Waals surface area contributed by atoms with E-state index >= 15 is 0 Å². The summed E-state index contributed by atoms with van der Waals surface area (Å²) < 4.78 is 0. The Balaban J connectivity index is 1.80. The van der Waals surface area contributed by atoms with Crippen LogP contribution in [-0.2, 0) is 17.6 Å². The van der Waals surface area contributed by atoms with Gasteiger partial charge in [0.05, 0.1) is 17.0 Å². The first-order chi connectivity index (χ1) is 11.6. The molecule has 1 amide bonds. The number of amides is 1. The molecule has 1 heterocycles. The van der Waals surface area contributed by atoms with Crippen molar-refractivity contribution in [2.75, 3.05) is 0 Å². The van der Waals surface area contributed by atoms with Gasteiger partial charge in [0.2, 0.25) is 5.91 Å². The summed E-state index contributed by atoms with van der Waals surface area (Å²) in [6.45, 7) is 0. The molecule has 128 valence electrons. The lowest BCUT2D eigenvalue weighted by Gasteiger charge is -2.20. The third-order valence-corrected chi connectivity index (χ3v) is 4.53. The van der Waals surface area contributed by atoms with Gasteiger partial charge in [-0.1, -0.05) is 30.3 Å². The summed E-state index contributed by atoms with van der Waals surface area (Å²) in [5, 5.41) is 24.2. The van der Waals surface area contributed by atoms with Gasteiger partial charge >= 0.3 is 7.12 Å². The van der Waals surface area contributed by atoms with Crippen LogP contribution in [0.2, 0.25) is 0 Å². The Hall–Kier alpha value is -1.74. The highest BCUT2D eigenvalue weighted by Gasteiger charge is 2.27. The van der Waals surface area contributed by atoms with Gasteiger partial charge in [0, 0.05) is 18.0 Å². The first kappa shape index (κ1) is 18.6. The van der Waals surface area contributed by atoms with Crippen molar-refractivity contribution in [3.05, 3.63) is 52.5 Å². The number of hydrogen-bond donors (Lipinski definition) is 4. The summed E-state index contributed by atoms with van der Waals surface area (Å²) in [5.74, 6) is -1.13. The highest BCUT2D eigenvalue weighted by Crippen LogP contribution is 2.09. The number of nitrogens with zero attached hydrogens (tertiary/aromatic N) is 1. The second-order valence-corrected chi connectivity index (χ2v) is 6.62. The largest absolute Gasteiger partial charge is 0.475 e. The molecule has 5 N–H and O–H groups in total. The van der Waals surface area contributed by atoms with Crippen molar-refractivity contribution in [3.8, 4) is 0 Å². The lowest BCUT2D eigenvalue weighted by molar-refractivity contribution is -0.122. The number of nitrogens with two attached hydrogens (primary N) is 1. The Morgan fingerprint density at radius 3 is 2.71 bits per heavy atom. The lowest BCUT2D eigenvalue weighted by atomic mass is 9.76. The van der Waals surface area contributed by atoms with Gasteiger partial charge in [-0.25, -0.2) is 4.98 Å². The van der Waals surface area contributed by atoms with E-state index in [4.69, 9.17) is 5.73 Å². The van der Waals surface area contributed by atoms with Crippen LogP contribution in [0.3, 0.4) is 0 Å². The highest BCUT2D eigenvalue weighted by molar-refractivity contribution is 7.09. The lowest BCUT2D eigenvalue weighted by Crippen LogP contribution is -2.52. The Kier molecular flexibility index (Phi) is 7.39. The van der Waals surface area contributed by atoms with Crippen LogP contribution in [0.5, 0.6) is 0 Å². The molecule has 0 saturated heterocycles. The number of benzene rings is 1. The van der Waals surface area contributed by atoms with Crippen LogP contribution in [0.1, 0.15) is 23.4 Å². The molecule has 8 heteroatoms. The summed E-state index contributed by atoms with van der Waals surface area (Å²) >= 11 is 1.44. The molecule has 2 aromatic rings. The fourth-order valence-electron chi connectivity index (χ4n) is 2.39. The fourth-order valence-corrected chi connectivity index (χ4v) is 3.07. The maximum atomic E-state index is 12.1. The van der Waals surface area contributed by atoms with E-state index in [1.807, 2.05) is 35.7 Å². The number of aromatic nitrogens is 1. The Morgan fingerprint density at radius 2 is 2.08 bits per heavy atom. The standard InChI is InChI=1S/C16H22BN3O3S/c18-13(11-15-19-9-10-24-15)16(21)20-14(17(22)23)8-4-7-12-5-2-1-3-6-12/h1-3,5-6,9-10,13-14,22-23H,4,7-8,11,18H2,(H,20,21)/t13?,14-/m0/s1. The molecule has 0 aliphatic carbocycles. The van der Waals surface area contributed by atoms with Gasteiger partial charge in [-0.15, -0.1) is 11.3 Å². The van der Waals surface area contributed by atoms with Crippen LogP contribution in [0, 0.1) is 0 Å². The number of hydrogen-bond acceptors (Lipinski definition) is 6. The van der Waals surface area contributed by atoms with Crippen molar-refractivity contribution in [1.82, 2.24) is 10.3 Å². The Morgan fingerprint density at radius 1 is 1.33 bits per heavy atom. The summed E-state index contributed by atoms with van der Waals surface area (Å²) in [7, 11) is -1.61. The topological polar surface area (TPSA) is 108 Å². The normalized spacial score (nSPS) is 13.3. The van der Waals surface area contributed by atoms with E-state index in [1.165, 1.54) is 16.9 Å². The molecule has 1 unspecified atom stereocenters. The van der Waals surface area contributed by atoms with E-state index < -0.39 is 25.0 Å². The van der Waals surface area contributed by atoms with E-state index in [0.717, 1.165) is 17.8 Å². The van der Waals surface area contributed by atoms with Crippen molar-refractivity contribution in [2.24, 2.45) is 5.73 Å². The quantitative estimate of drug-likeness (QED) is 0.495. The first-order valence-electron chi connectivity index (χ1n) is 7.90. The molecule has 1 aromatic heterocycles. The molecule has 0 spiro atoms. The second kappa shape index (κ2) is 9.53.